The molecule has 40 heavy (non-hydrogen) atoms. The second kappa shape index (κ2) is 13.9. The summed E-state index contributed by atoms with van der Waals surface area (Å²) in [7, 11) is 0. The van der Waals surface area contributed by atoms with E-state index in [4.69, 9.17) is 23.7 Å². The van der Waals surface area contributed by atoms with E-state index in [1.165, 1.54) is 26.0 Å². The van der Waals surface area contributed by atoms with Gasteiger partial charge in [0.1, 0.15) is 30.4 Å². The molecule has 3 rings (SSSR count). The maximum atomic E-state index is 14.1. The van der Waals surface area contributed by atoms with Crippen LogP contribution in [0, 0.1) is 5.82 Å². The van der Waals surface area contributed by atoms with Crippen LogP contribution in [0.15, 0.2) is 42.5 Å². The minimum Gasteiger partial charge on any atom is -0.463 e. The fourth-order valence-corrected chi connectivity index (χ4v) is 4.26. The first kappa shape index (κ1) is 30.5. The molecule has 2 aromatic rings. The summed E-state index contributed by atoms with van der Waals surface area (Å²) in [4.78, 5) is 46.3. The number of aliphatic hydroxyl groups is 1. The van der Waals surface area contributed by atoms with E-state index in [-0.39, 0.29) is 18.3 Å². The first-order valence-electron chi connectivity index (χ1n) is 12.6. The highest BCUT2D eigenvalue weighted by Gasteiger charge is 2.50. The molecule has 0 aromatic heterocycles. The van der Waals surface area contributed by atoms with Crippen LogP contribution in [0.5, 0.6) is 5.75 Å². The van der Waals surface area contributed by atoms with Crippen molar-refractivity contribution in [2.24, 2.45) is 0 Å². The molecule has 2 N–H and O–H groups in total. The van der Waals surface area contributed by atoms with E-state index in [9.17, 15) is 28.7 Å². The predicted octanol–water partition coefficient (Wildman–Crippen LogP) is 2.06. The molecule has 1 saturated heterocycles. The van der Waals surface area contributed by atoms with Gasteiger partial charge in [0.25, 0.3) is 0 Å². The first-order valence-corrected chi connectivity index (χ1v) is 12.6. The molecule has 0 spiro atoms. The van der Waals surface area contributed by atoms with Crippen molar-refractivity contribution in [3.05, 3.63) is 53.8 Å². The van der Waals surface area contributed by atoms with Gasteiger partial charge >= 0.3 is 17.9 Å². The molecule has 1 amide bonds. The van der Waals surface area contributed by atoms with E-state index >= 15 is 0 Å². The highest BCUT2D eigenvalue weighted by Crippen LogP contribution is 2.33. The Morgan fingerprint density at radius 3 is 2.27 bits per heavy atom. The summed E-state index contributed by atoms with van der Waals surface area (Å²) >= 11 is 0. The van der Waals surface area contributed by atoms with Gasteiger partial charge in [-0.1, -0.05) is 18.2 Å². The van der Waals surface area contributed by atoms with E-state index in [0.717, 1.165) is 19.4 Å². The van der Waals surface area contributed by atoms with Crippen molar-refractivity contribution in [3.63, 3.8) is 0 Å². The number of aliphatic hydroxyl groups excluding tert-OH is 1. The van der Waals surface area contributed by atoms with Crippen LogP contribution in [-0.2, 0) is 44.5 Å². The van der Waals surface area contributed by atoms with Crippen molar-refractivity contribution in [3.8, 4) is 16.9 Å². The van der Waals surface area contributed by atoms with Crippen molar-refractivity contribution >= 4 is 23.8 Å². The van der Waals surface area contributed by atoms with Crippen LogP contribution in [0.25, 0.3) is 11.1 Å². The minimum absolute atomic E-state index is 0.188. The molecule has 1 aliphatic heterocycles. The summed E-state index contributed by atoms with van der Waals surface area (Å²) in [6.07, 6.45) is -6.47. The lowest BCUT2D eigenvalue weighted by molar-refractivity contribution is -0.285. The molecule has 1 fully saturated rings. The maximum absolute atomic E-state index is 14.1. The number of hydrogen-bond acceptors (Lipinski definition) is 10. The van der Waals surface area contributed by atoms with E-state index in [1.54, 1.807) is 30.3 Å². The molecule has 0 radical (unpaired) electrons. The zero-order chi connectivity index (χ0) is 29.4. The highest BCUT2D eigenvalue weighted by molar-refractivity contribution is 5.73. The van der Waals surface area contributed by atoms with Crippen LogP contribution >= 0.6 is 0 Å². The number of nitrogens with one attached hydrogen (secondary N) is 1. The standard InChI is InChI=1S/C28H32FNO10/c1-15(31)30-11-10-19-8-9-22(13-23(19)20-6-5-7-21(29)12-20)39-28-27(38-18(4)34)25(35)26(37-17(3)33)24(40-28)14-36-16(2)32/h5-9,12-13,24-28,35H,10-11,14H2,1-4H3,(H,30,31)/t24-,25+,26-,27+,28+/m0/s1. The van der Waals surface area contributed by atoms with Gasteiger partial charge in [0, 0.05) is 34.2 Å². The van der Waals surface area contributed by atoms with Crippen LogP contribution in [0.3, 0.4) is 0 Å². The molecule has 12 heteroatoms. The quantitative estimate of drug-likeness (QED) is 0.326. The molecule has 216 valence electrons. The Morgan fingerprint density at radius 2 is 1.65 bits per heavy atom. The van der Waals surface area contributed by atoms with Gasteiger partial charge in [-0.15, -0.1) is 0 Å². The summed E-state index contributed by atoms with van der Waals surface area (Å²) in [5.74, 6) is -2.55. The van der Waals surface area contributed by atoms with Crippen LogP contribution in [0.1, 0.15) is 33.3 Å². The number of rotatable bonds is 10. The zero-order valence-corrected chi connectivity index (χ0v) is 22.5. The smallest absolute Gasteiger partial charge is 0.303 e. The third-order valence-electron chi connectivity index (χ3n) is 5.91. The van der Waals surface area contributed by atoms with Crippen molar-refractivity contribution in [2.45, 2.75) is 64.8 Å². The maximum Gasteiger partial charge on any atom is 0.303 e. The summed E-state index contributed by atoms with van der Waals surface area (Å²) < 4.78 is 41.5. The van der Waals surface area contributed by atoms with Gasteiger partial charge in [-0.05, 0) is 47.4 Å². The fourth-order valence-electron chi connectivity index (χ4n) is 4.26. The van der Waals surface area contributed by atoms with Crippen molar-refractivity contribution in [2.75, 3.05) is 13.2 Å². The Hall–Kier alpha value is -4.03. The van der Waals surface area contributed by atoms with Crippen LogP contribution < -0.4 is 10.1 Å². The van der Waals surface area contributed by atoms with Gasteiger partial charge in [-0.25, -0.2) is 4.39 Å². The summed E-state index contributed by atoms with van der Waals surface area (Å²) in [5, 5.41) is 13.8. The Kier molecular flexibility index (Phi) is 10.6. The van der Waals surface area contributed by atoms with E-state index in [2.05, 4.69) is 5.32 Å². The van der Waals surface area contributed by atoms with Gasteiger partial charge in [-0.3, -0.25) is 19.2 Å². The molecule has 0 saturated carbocycles. The van der Waals surface area contributed by atoms with Gasteiger partial charge < -0.3 is 34.1 Å². The molecule has 1 heterocycles. The van der Waals surface area contributed by atoms with Crippen LogP contribution in [-0.4, -0.2) is 72.8 Å². The topological polar surface area (TPSA) is 147 Å². The van der Waals surface area contributed by atoms with E-state index < -0.39 is 54.4 Å². The lowest BCUT2D eigenvalue weighted by Gasteiger charge is -2.42. The van der Waals surface area contributed by atoms with Crippen molar-refractivity contribution < 1.29 is 52.4 Å². The Labute approximate surface area is 230 Å². The summed E-state index contributed by atoms with van der Waals surface area (Å²) in [6, 6.07) is 10.9. The van der Waals surface area contributed by atoms with Gasteiger partial charge in [0.2, 0.25) is 12.2 Å². The molecule has 1 aliphatic rings. The third kappa shape index (κ3) is 8.48. The van der Waals surface area contributed by atoms with E-state index in [1.807, 2.05) is 0 Å². The predicted molar refractivity (Wildman–Crippen MR) is 137 cm³/mol. The molecular weight excluding hydrogens is 529 g/mol. The Morgan fingerprint density at radius 1 is 0.950 bits per heavy atom. The number of benzene rings is 2. The minimum atomic E-state index is -1.59. The number of esters is 3. The van der Waals surface area contributed by atoms with Gasteiger partial charge in [0.15, 0.2) is 12.2 Å². The molecule has 0 bridgehead atoms. The second-order valence-electron chi connectivity index (χ2n) is 9.16. The van der Waals surface area contributed by atoms with Gasteiger partial charge in [-0.2, -0.15) is 0 Å². The Bertz CT molecular complexity index is 1230. The van der Waals surface area contributed by atoms with Crippen molar-refractivity contribution in [1.29, 1.82) is 0 Å². The SMILES string of the molecule is CC(=O)NCCc1ccc(O[C@@H]2O[C@@H](COC(C)=O)[C@H](OC(C)=O)[C@@H](O)[C@H]2OC(C)=O)cc1-c1cccc(F)c1. The fraction of sp³-hybridized carbons (Fsp3) is 0.429. The highest BCUT2D eigenvalue weighted by atomic mass is 19.1. The number of carbonyl (C=O) groups excluding carboxylic acids is 4. The third-order valence-corrected chi connectivity index (χ3v) is 5.91. The number of amides is 1. The number of carbonyl (C=O) groups is 4. The molecule has 5 atom stereocenters. The lowest BCUT2D eigenvalue weighted by atomic mass is 9.96. The largest absolute Gasteiger partial charge is 0.463 e. The average molecular weight is 562 g/mol. The number of hydrogen-bond donors (Lipinski definition) is 2. The van der Waals surface area contributed by atoms with Crippen molar-refractivity contribution in [1.82, 2.24) is 5.32 Å². The second-order valence-corrected chi connectivity index (χ2v) is 9.16. The summed E-state index contributed by atoms with van der Waals surface area (Å²) in [5.41, 5.74) is 1.94. The normalized spacial score (nSPS) is 22.1. The first-order chi connectivity index (χ1) is 18.9. The Balaban J connectivity index is 1.96. The molecule has 0 unspecified atom stereocenters. The zero-order valence-electron chi connectivity index (χ0n) is 22.5. The van der Waals surface area contributed by atoms with Crippen LogP contribution in [0.2, 0.25) is 0 Å². The number of ether oxygens (including phenoxy) is 5. The molecular formula is C28H32FNO10. The molecule has 2 aromatic carbocycles. The lowest BCUT2D eigenvalue weighted by Crippen LogP contribution is -2.62. The summed E-state index contributed by atoms with van der Waals surface area (Å²) in [6.45, 7) is 4.80. The van der Waals surface area contributed by atoms with Crippen LogP contribution in [0.4, 0.5) is 4.39 Å². The average Bonchev–Trinajstić information content (AvgIpc) is 2.87. The van der Waals surface area contributed by atoms with E-state index in [0.29, 0.717) is 24.1 Å². The van der Waals surface area contributed by atoms with Gasteiger partial charge in [0.05, 0.1) is 0 Å². The molecule has 11 nitrogen and oxygen atoms in total. The monoisotopic (exact) mass is 561 g/mol. The number of halogens is 1. The molecule has 0 aliphatic carbocycles.